The van der Waals surface area contributed by atoms with Gasteiger partial charge in [0, 0.05) is 12.7 Å². The third-order valence-electron chi connectivity index (χ3n) is 2.80. The van der Waals surface area contributed by atoms with Crippen molar-refractivity contribution in [2.75, 3.05) is 6.54 Å². The molecule has 0 aliphatic rings. The van der Waals surface area contributed by atoms with E-state index in [9.17, 15) is 0 Å². The third-order valence-corrected chi connectivity index (χ3v) is 2.80. The topological polar surface area (TPSA) is 68.5 Å². The molecule has 0 radical (unpaired) electrons. The molecule has 0 unspecified atom stereocenters. The van der Waals surface area contributed by atoms with Crippen molar-refractivity contribution in [1.29, 1.82) is 0 Å². The Bertz CT molecular complexity index is 690. The number of para-hydroxylation sites is 1. The molecule has 0 aliphatic carbocycles. The number of nitrogens with one attached hydrogen (secondary N) is 1. The van der Waals surface area contributed by atoms with Gasteiger partial charge in [0.15, 0.2) is 5.82 Å². The molecule has 0 aliphatic heterocycles. The minimum atomic E-state index is 0.684. The van der Waals surface area contributed by atoms with E-state index < -0.39 is 0 Å². The maximum atomic E-state index is 4.54. The summed E-state index contributed by atoms with van der Waals surface area (Å²) < 4.78 is 1.71. The molecule has 19 heavy (non-hydrogen) atoms. The number of benzene rings is 1. The van der Waals surface area contributed by atoms with Gasteiger partial charge in [0.25, 0.3) is 0 Å². The van der Waals surface area contributed by atoms with Crippen LogP contribution < -0.4 is 5.32 Å². The van der Waals surface area contributed by atoms with E-state index in [0.29, 0.717) is 12.4 Å². The fourth-order valence-electron chi connectivity index (χ4n) is 1.87. The van der Waals surface area contributed by atoms with Crippen LogP contribution in [0.5, 0.6) is 0 Å². The maximum Gasteiger partial charge on any atom is 0.174 e. The lowest BCUT2D eigenvalue weighted by atomic mass is 10.3. The molecule has 0 fully saturated rings. The van der Waals surface area contributed by atoms with Crippen LogP contribution >= 0.6 is 0 Å². The Balaban J connectivity index is 2.01. The van der Waals surface area contributed by atoms with E-state index in [1.54, 1.807) is 17.1 Å². The zero-order valence-electron chi connectivity index (χ0n) is 10.6. The molecule has 6 nitrogen and oxygen atoms in total. The highest BCUT2D eigenvalue weighted by atomic mass is 15.4. The first kappa shape index (κ1) is 11.7. The first-order valence-corrected chi connectivity index (χ1v) is 6.21. The van der Waals surface area contributed by atoms with E-state index in [0.717, 1.165) is 23.3 Å². The summed E-state index contributed by atoms with van der Waals surface area (Å²) in [7, 11) is 0. The number of nitrogens with zero attached hydrogens (tertiary/aromatic N) is 5. The zero-order valence-corrected chi connectivity index (χ0v) is 10.6. The predicted molar refractivity (Wildman–Crippen MR) is 71.8 cm³/mol. The highest BCUT2D eigenvalue weighted by Gasteiger charge is 2.07. The molecular formula is C13H14N6. The van der Waals surface area contributed by atoms with Gasteiger partial charge in [0.05, 0.1) is 17.4 Å². The molecule has 0 saturated carbocycles. The van der Waals surface area contributed by atoms with E-state index >= 15 is 0 Å². The van der Waals surface area contributed by atoms with Crippen LogP contribution in [-0.4, -0.2) is 31.5 Å². The standard InChI is InChI=1S/C13H14N6/c1-2-14-7-10-8-15-9-13(16-10)19-12-6-4-3-5-11(12)17-18-19/h3-6,8-9,14H,2,7H2,1H3. The molecule has 2 aromatic heterocycles. The monoisotopic (exact) mass is 254 g/mol. The van der Waals surface area contributed by atoms with Crippen molar-refractivity contribution in [1.82, 2.24) is 30.3 Å². The molecule has 0 saturated heterocycles. The van der Waals surface area contributed by atoms with Crippen LogP contribution in [0.2, 0.25) is 0 Å². The maximum absolute atomic E-state index is 4.54. The quantitative estimate of drug-likeness (QED) is 0.760. The van der Waals surface area contributed by atoms with Crippen LogP contribution in [0.25, 0.3) is 16.9 Å². The van der Waals surface area contributed by atoms with Gasteiger partial charge >= 0.3 is 0 Å². The molecule has 1 aromatic carbocycles. The number of aromatic nitrogens is 5. The van der Waals surface area contributed by atoms with Crippen molar-refractivity contribution in [2.24, 2.45) is 0 Å². The normalized spacial score (nSPS) is 11.0. The Labute approximate surface area is 110 Å². The zero-order chi connectivity index (χ0) is 13.1. The van der Waals surface area contributed by atoms with Crippen LogP contribution in [0.3, 0.4) is 0 Å². The summed E-state index contributed by atoms with van der Waals surface area (Å²) in [6.45, 7) is 3.66. The van der Waals surface area contributed by atoms with Crippen LogP contribution in [0.4, 0.5) is 0 Å². The van der Waals surface area contributed by atoms with E-state index in [1.165, 1.54) is 0 Å². The van der Waals surface area contributed by atoms with Crippen LogP contribution in [-0.2, 0) is 6.54 Å². The largest absolute Gasteiger partial charge is 0.311 e. The van der Waals surface area contributed by atoms with Crippen molar-refractivity contribution < 1.29 is 0 Å². The lowest BCUT2D eigenvalue weighted by molar-refractivity contribution is 0.697. The van der Waals surface area contributed by atoms with Crippen LogP contribution in [0.15, 0.2) is 36.7 Å². The summed E-state index contributed by atoms with van der Waals surface area (Å²) in [6, 6.07) is 7.79. The summed E-state index contributed by atoms with van der Waals surface area (Å²) in [4.78, 5) is 8.75. The number of fused-ring (bicyclic) bond motifs is 1. The Kier molecular flexibility index (Phi) is 3.16. The van der Waals surface area contributed by atoms with Crippen molar-refractivity contribution in [3.05, 3.63) is 42.4 Å². The van der Waals surface area contributed by atoms with Crippen molar-refractivity contribution in [3.8, 4) is 5.82 Å². The minimum Gasteiger partial charge on any atom is -0.311 e. The average molecular weight is 254 g/mol. The van der Waals surface area contributed by atoms with Crippen molar-refractivity contribution in [3.63, 3.8) is 0 Å². The van der Waals surface area contributed by atoms with E-state index in [1.807, 2.05) is 24.3 Å². The molecule has 0 bridgehead atoms. The van der Waals surface area contributed by atoms with Crippen LogP contribution in [0, 0.1) is 0 Å². The van der Waals surface area contributed by atoms with Gasteiger partial charge < -0.3 is 5.32 Å². The van der Waals surface area contributed by atoms with Gasteiger partial charge in [-0.25, -0.2) is 4.98 Å². The van der Waals surface area contributed by atoms with Crippen molar-refractivity contribution in [2.45, 2.75) is 13.5 Å². The predicted octanol–water partition coefficient (Wildman–Crippen LogP) is 1.32. The van der Waals surface area contributed by atoms with Gasteiger partial charge in [0.2, 0.25) is 0 Å². The van der Waals surface area contributed by atoms with E-state index in [-0.39, 0.29) is 0 Å². The minimum absolute atomic E-state index is 0.684. The Morgan fingerprint density at radius 3 is 3.00 bits per heavy atom. The molecule has 3 aromatic rings. The second kappa shape index (κ2) is 5.11. The summed E-state index contributed by atoms with van der Waals surface area (Å²) in [5.74, 6) is 0.684. The third kappa shape index (κ3) is 2.30. The second-order valence-corrected chi connectivity index (χ2v) is 4.14. The first-order valence-electron chi connectivity index (χ1n) is 6.21. The first-order chi connectivity index (χ1) is 9.38. The molecule has 0 amide bonds. The van der Waals surface area contributed by atoms with Crippen LogP contribution in [0.1, 0.15) is 12.6 Å². The number of hydrogen-bond acceptors (Lipinski definition) is 5. The second-order valence-electron chi connectivity index (χ2n) is 4.14. The van der Waals surface area contributed by atoms with Gasteiger partial charge in [-0.1, -0.05) is 24.3 Å². The van der Waals surface area contributed by atoms with Gasteiger partial charge in [-0.3, -0.25) is 4.98 Å². The van der Waals surface area contributed by atoms with E-state index in [2.05, 4.69) is 32.5 Å². The van der Waals surface area contributed by atoms with Crippen molar-refractivity contribution >= 4 is 11.0 Å². The SMILES string of the molecule is CCNCc1cncc(-n2nnc3ccccc32)n1. The lowest BCUT2D eigenvalue weighted by Crippen LogP contribution is -2.14. The molecule has 1 N–H and O–H groups in total. The summed E-state index contributed by atoms with van der Waals surface area (Å²) in [5.41, 5.74) is 2.66. The fraction of sp³-hybridized carbons (Fsp3) is 0.231. The number of rotatable bonds is 4. The van der Waals surface area contributed by atoms with Gasteiger partial charge in [-0.15, -0.1) is 5.10 Å². The molecule has 6 heteroatoms. The lowest BCUT2D eigenvalue weighted by Gasteiger charge is -2.04. The van der Waals surface area contributed by atoms with E-state index in [4.69, 9.17) is 0 Å². The Morgan fingerprint density at radius 2 is 2.11 bits per heavy atom. The van der Waals surface area contributed by atoms with Gasteiger partial charge in [-0.05, 0) is 18.7 Å². The summed E-state index contributed by atoms with van der Waals surface area (Å²) >= 11 is 0. The molecule has 2 heterocycles. The Morgan fingerprint density at radius 1 is 1.21 bits per heavy atom. The summed E-state index contributed by atoms with van der Waals surface area (Å²) in [6.07, 6.45) is 3.45. The molecule has 96 valence electrons. The van der Waals surface area contributed by atoms with Gasteiger partial charge in [0.1, 0.15) is 5.52 Å². The molecule has 3 rings (SSSR count). The molecular weight excluding hydrogens is 240 g/mol. The highest BCUT2D eigenvalue weighted by Crippen LogP contribution is 2.13. The highest BCUT2D eigenvalue weighted by molar-refractivity contribution is 5.75. The van der Waals surface area contributed by atoms with Gasteiger partial charge in [-0.2, -0.15) is 4.68 Å². The average Bonchev–Trinajstić information content (AvgIpc) is 2.89. The fourth-order valence-corrected chi connectivity index (χ4v) is 1.87. The molecule has 0 atom stereocenters. The molecule has 0 spiro atoms. The Hall–Kier alpha value is -2.34. The summed E-state index contributed by atoms with van der Waals surface area (Å²) in [5, 5.41) is 11.5. The smallest absolute Gasteiger partial charge is 0.174 e. The number of hydrogen-bond donors (Lipinski definition) is 1.